The van der Waals surface area contributed by atoms with E-state index in [-0.39, 0.29) is 16.7 Å². The third-order valence-electron chi connectivity index (χ3n) is 2.41. The first kappa shape index (κ1) is 14.4. The van der Waals surface area contributed by atoms with Crippen molar-refractivity contribution in [2.45, 2.75) is 0 Å². The van der Waals surface area contributed by atoms with Gasteiger partial charge in [0.25, 0.3) is 5.69 Å². The Morgan fingerprint density at radius 2 is 2.05 bits per heavy atom. The maximum absolute atomic E-state index is 10.8. The smallest absolute Gasteiger partial charge is 0.276 e. The molecule has 0 atom stereocenters. The van der Waals surface area contributed by atoms with E-state index in [0.717, 1.165) is 0 Å². The molecule has 1 aromatic heterocycles. The van der Waals surface area contributed by atoms with Crippen LogP contribution in [0.5, 0.6) is 5.75 Å². The lowest BCUT2D eigenvalue weighted by Gasteiger charge is -2.09. The van der Waals surface area contributed by atoms with Gasteiger partial charge in [-0.05, 0) is 12.1 Å². The summed E-state index contributed by atoms with van der Waals surface area (Å²) in [6.45, 7) is 0. The number of hydrogen-bond acceptors (Lipinski definition) is 5. The molecule has 0 saturated heterocycles. The summed E-state index contributed by atoms with van der Waals surface area (Å²) < 4.78 is 5.08. The molecule has 0 amide bonds. The standard InChI is InChI=1S/C12H9Cl2N3O3/c1-20-10-4-7(2-3-9(10)13)15-12-6-8(17(18)19)5-11(14)16-12/h2-6H,1H3,(H,15,16). The SMILES string of the molecule is COc1cc(Nc2cc([N+](=O)[O-])cc(Cl)n2)ccc1Cl. The van der Waals surface area contributed by atoms with E-state index in [4.69, 9.17) is 27.9 Å². The highest BCUT2D eigenvalue weighted by Gasteiger charge is 2.11. The number of rotatable bonds is 4. The topological polar surface area (TPSA) is 77.3 Å². The minimum atomic E-state index is -0.540. The van der Waals surface area contributed by atoms with Crippen molar-refractivity contribution < 1.29 is 9.66 Å². The van der Waals surface area contributed by atoms with Crippen LogP contribution < -0.4 is 10.1 Å². The summed E-state index contributed by atoms with van der Waals surface area (Å²) in [7, 11) is 1.49. The van der Waals surface area contributed by atoms with Crippen LogP contribution in [-0.4, -0.2) is 17.0 Å². The highest BCUT2D eigenvalue weighted by molar-refractivity contribution is 6.32. The normalized spacial score (nSPS) is 10.2. The number of methoxy groups -OCH3 is 1. The predicted molar refractivity (Wildman–Crippen MR) is 77.2 cm³/mol. The van der Waals surface area contributed by atoms with Gasteiger partial charge in [-0.15, -0.1) is 0 Å². The lowest BCUT2D eigenvalue weighted by atomic mass is 10.3. The van der Waals surface area contributed by atoms with E-state index in [1.54, 1.807) is 18.2 Å². The van der Waals surface area contributed by atoms with E-state index in [2.05, 4.69) is 10.3 Å². The molecule has 20 heavy (non-hydrogen) atoms. The Morgan fingerprint density at radius 3 is 2.70 bits per heavy atom. The number of ether oxygens (including phenoxy) is 1. The van der Waals surface area contributed by atoms with Crippen molar-refractivity contribution in [3.05, 3.63) is 50.6 Å². The Balaban J connectivity index is 2.32. The zero-order chi connectivity index (χ0) is 14.7. The van der Waals surface area contributed by atoms with E-state index in [1.807, 2.05) is 0 Å². The van der Waals surface area contributed by atoms with Crippen LogP contribution in [0.15, 0.2) is 30.3 Å². The maximum Gasteiger partial charge on any atom is 0.276 e. The number of halogens is 2. The number of pyridine rings is 1. The van der Waals surface area contributed by atoms with Crippen molar-refractivity contribution in [2.24, 2.45) is 0 Å². The fraction of sp³-hybridized carbons (Fsp3) is 0.0833. The summed E-state index contributed by atoms with van der Waals surface area (Å²) in [5.74, 6) is 0.738. The first-order valence-electron chi connectivity index (χ1n) is 5.42. The van der Waals surface area contributed by atoms with Crippen LogP contribution in [0.25, 0.3) is 0 Å². The second-order valence-corrected chi connectivity index (χ2v) is 4.56. The molecule has 6 nitrogen and oxygen atoms in total. The summed E-state index contributed by atoms with van der Waals surface area (Å²) in [6, 6.07) is 7.44. The molecule has 1 N–H and O–H groups in total. The highest BCUT2D eigenvalue weighted by Crippen LogP contribution is 2.29. The number of aromatic nitrogens is 1. The van der Waals surface area contributed by atoms with Crippen molar-refractivity contribution in [3.8, 4) is 5.75 Å². The van der Waals surface area contributed by atoms with Gasteiger partial charge in [-0.25, -0.2) is 4.98 Å². The quantitative estimate of drug-likeness (QED) is 0.523. The summed E-state index contributed by atoms with van der Waals surface area (Å²) in [4.78, 5) is 14.2. The van der Waals surface area contributed by atoms with Gasteiger partial charge < -0.3 is 10.1 Å². The molecule has 0 aliphatic carbocycles. The Bertz CT molecular complexity index is 664. The monoisotopic (exact) mass is 313 g/mol. The number of nitrogens with one attached hydrogen (secondary N) is 1. The van der Waals surface area contributed by atoms with E-state index >= 15 is 0 Å². The molecule has 0 aliphatic rings. The van der Waals surface area contributed by atoms with Gasteiger partial charge in [-0.2, -0.15) is 0 Å². The molecule has 0 fully saturated rings. The van der Waals surface area contributed by atoms with Crippen LogP contribution in [0.4, 0.5) is 17.2 Å². The van der Waals surface area contributed by atoms with Crippen LogP contribution >= 0.6 is 23.2 Å². The third-order valence-corrected chi connectivity index (χ3v) is 2.92. The third kappa shape index (κ3) is 3.28. The average Bonchev–Trinajstić information content (AvgIpc) is 2.40. The fourth-order valence-corrected chi connectivity index (χ4v) is 1.94. The van der Waals surface area contributed by atoms with Crippen molar-refractivity contribution in [1.29, 1.82) is 0 Å². The van der Waals surface area contributed by atoms with Gasteiger partial charge in [0.05, 0.1) is 29.2 Å². The van der Waals surface area contributed by atoms with Gasteiger partial charge in [-0.1, -0.05) is 23.2 Å². The van der Waals surface area contributed by atoms with E-state index in [0.29, 0.717) is 16.5 Å². The Hall–Kier alpha value is -2.05. The lowest BCUT2D eigenvalue weighted by molar-refractivity contribution is -0.384. The van der Waals surface area contributed by atoms with E-state index in [1.165, 1.54) is 19.2 Å². The average molecular weight is 314 g/mol. The van der Waals surface area contributed by atoms with E-state index < -0.39 is 4.92 Å². The zero-order valence-electron chi connectivity index (χ0n) is 10.3. The summed E-state index contributed by atoms with van der Waals surface area (Å²) in [5.41, 5.74) is 0.476. The molecule has 2 aromatic rings. The van der Waals surface area contributed by atoms with Crippen molar-refractivity contribution >= 4 is 40.4 Å². The minimum Gasteiger partial charge on any atom is -0.495 e. The van der Waals surface area contributed by atoms with Crippen LogP contribution in [0.3, 0.4) is 0 Å². The predicted octanol–water partition coefficient (Wildman–Crippen LogP) is 4.05. The van der Waals surface area contributed by atoms with Gasteiger partial charge >= 0.3 is 0 Å². The molecule has 0 spiro atoms. The van der Waals surface area contributed by atoms with Gasteiger partial charge in [0.1, 0.15) is 16.7 Å². The van der Waals surface area contributed by atoms with Crippen LogP contribution in [0.1, 0.15) is 0 Å². The number of nitrogens with zero attached hydrogens (tertiary/aromatic N) is 2. The van der Waals surface area contributed by atoms with Gasteiger partial charge in [0, 0.05) is 11.8 Å². The molecular formula is C12H9Cl2N3O3. The molecule has 8 heteroatoms. The largest absolute Gasteiger partial charge is 0.495 e. The van der Waals surface area contributed by atoms with Crippen LogP contribution in [0.2, 0.25) is 10.2 Å². The van der Waals surface area contributed by atoms with Crippen LogP contribution in [0, 0.1) is 10.1 Å². The minimum absolute atomic E-state index is 0.0302. The Morgan fingerprint density at radius 1 is 1.30 bits per heavy atom. The van der Waals surface area contributed by atoms with Crippen molar-refractivity contribution in [2.75, 3.05) is 12.4 Å². The molecule has 0 bridgehead atoms. The molecule has 0 aliphatic heterocycles. The lowest BCUT2D eigenvalue weighted by Crippen LogP contribution is -1.97. The molecule has 1 heterocycles. The molecule has 0 radical (unpaired) electrons. The molecule has 2 rings (SSSR count). The van der Waals surface area contributed by atoms with Crippen LogP contribution in [-0.2, 0) is 0 Å². The van der Waals surface area contributed by atoms with Crippen molar-refractivity contribution in [3.63, 3.8) is 0 Å². The molecule has 0 saturated carbocycles. The number of hydrogen-bond donors (Lipinski definition) is 1. The van der Waals surface area contributed by atoms with Gasteiger partial charge in [0.2, 0.25) is 0 Å². The molecule has 1 aromatic carbocycles. The summed E-state index contributed by atoms with van der Waals surface area (Å²) in [5, 5.41) is 14.2. The maximum atomic E-state index is 10.8. The highest BCUT2D eigenvalue weighted by atomic mass is 35.5. The number of nitro groups is 1. The summed E-state index contributed by atoms with van der Waals surface area (Å²) >= 11 is 11.7. The number of anilines is 2. The molecule has 104 valence electrons. The second-order valence-electron chi connectivity index (χ2n) is 3.76. The first-order chi connectivity index (χ1) is 9.49. The number of benzene rings is 1. The Labute approximate surface area is 124 Å². The molecule has 0 unspecified atom stereocenters. The molecular weight excluding hydrogens is 305 g/mol. The van der Waals surface area contributed by atoms with E-state index in [9.17, 15) is 10.1 Å². The zero-order valence-corrected chi connectivity index (χ0v) is 11.8. The van der Waals surface area contributed by atoms with Gasteiger partial charge in [0.15, 0.2) is 0 Å². The fourth-order valence-electron chi connectivity index (χ4n) is 1.54. The second kappa shape index (κ2) is 5.94. The van der Waals surface area contributed by atoms with Gasteiger partial charge in [-0.3, -0.25) is 10.1 Å². The summed E-state index contributed by atoms with van der Waals surface area (Å²) in [6.07, 6.45) is 0. The Kier molecular flexibility index (Phi) is 4.26. The first-order valence-corrected chi connectivity index (χ1v) is 6.17. The van der Waals surface area contributed by atoms with Crippen molar-refractivity contribution in [1.82, 2.24) is 4.98 Å².